The Balaban J connectivity index is 1.57. The van der Waals surface area contributed by atoms with Crippen molar-refractivity contribution in [1.82, 2.24) is 9.78 Å². The van der Waals surface area contributed by atoms with Gasteiger partial charge in [-0.1, -0.05) is 19.3 Å². The van der Waals surface area contributed by atoms with E-state index in [2.05, 4.69) is 22.0 Å². The Kier molecular flexibility index (Phi) is 4.65. The maximum absolute atomic E-state index is 10.9. The molecule has 2 aromatic heterocycles. The van der Waals surface area contributed by atoms with Crippen LogP contribution in [0.15, 0.2) is 28.6 Å². The zero-order chi connectivity index (χ0) is 14.7. The third-order valence-corrected chi connectivity index (χ3v) is 5.86. The first-order valence-electron chi connectivity index (χ1n) is 7.21. The summed E-state index contributed by atoms with van der Waals surface area (Å²) in [4.78, 5) is 12.3. The van der Waals surface area contributed by atoms with E-state index in [9.17, 15) is 4.79 Å². The lowest BCUT2D eigenvalue weighted by Gasteiger charge is -2.21. The first-order chi connectivity index (χ1) is 10.2. The Morgan fingerprint density at radius 2 is 2.24 bits per heavy atom. The summed E-state index contributed by atoms with van der Waals surface area (Å²) in [5, 5.41) is 15.5. The number of carboxylic acid groups (broad SMARTS) is 1. The molecule has 1 fully saturated rings. The van der Waals surface area contributed by atoms with Crippen LogP contribution in [0.3, 0.4) is 0 Å². The molecule has 1 N–H and O–H groups in total. The number of rotatable bonds is 5. The van der Waals surface area contributed by atoms with Crippen molar-refractivity contribution in [2.24, 2.45) is 0 Å². The van der Waals surface area contributed by atoms with Crippen LogP contribution in [-0.4, -0.2) is 20.9 Å². The van der Waals surface area contributed by atoms with E-state index in [1.54, 1.807) is 17.8 Å². The molecule has 0 aromatic carbocycles. The highest BCUT2D eigenvalue weighted by Gasteiger charge is 2.16. The number of nitrogens with zero attached hydrogens (tertiary/aromatic N) is 2. The second-order valence-electron chi connectivity index (χ2n) is 5.32. The molecule has 112 valence electrons. The first-order valence-corrected chi connectivity index (χ1v) is 9.07. The molecular weight excluding hydrogens is 304 g/mol. The standard InChI is InChI=1S/C15H18N2O2S2/c18-15(19)14-8-13(10-21-14)20-9-11-6-7-17(16-11)12-4-2-1-3-5-12/h6-8,10,12H,1-5,9H2,(H,18,19). The molecule has 0 aliphatic heterocycles. The lowest BCUT2D eigenvalue weighted by atomic mass is 9.96. The molecule has 0 saturated heterocycles. The first kappa shape index (κ1) is 14.7. The smallest absolute Gasteiger partial charge is 0.345 e. The molecule has 1 saturated carbocycles. The SMILES string of the molecule is O=C(O)c1cc(SCc2ccn(C3CCCCC3)n2)cs1. The minimum absolute atomic E-state index is 0.394. The lowest BCUT2D eigenvalue weighted by molar-refractivity contribution is 0.0702. The zero-order valence-electron chi connectivity index (χ0n) is 11.7. The van der Waals surface area contributed by atoms with Crippen molar-refractivity contribution < 1.29 is 9.90 Å². The number of carbonyl (C=O) groups is 1. The molecule has 0 amide bonds. The third kappa shape index (κ3) is 3.68. The van der Waals surface area contributed by atoms with Crippen LogP contribution in [0.5, 0.6) is 0 Å². The maximum Gasteiger partial charge on any atom is 0.345 e. The van der Waals surface area contributed by atoms with E-state index in [0.29, 0.717) is 10.9 Å². The molecule has 6 heteroatoms. The number of hydrogen-bond acceptors (Lipinski definition) is 4. The largest absolute Gasteiger partial charge is 0.477 e. The summed E-state index contributed by atoms with van der Waals surface area (Å²) in [6, 6.07) is 4.37. The van der Waals surface area contributed by atoms with Crippen molar-refractivity contribution >= 4 is 29.1 Å². The zero-order valence-corrected chi connectivity index (χ0v) is 13.3. The number of carboxylic acids is 1. The lowest BCUT2D eigenvalue weighted by Crippen LogP contribution is -2.13. The molecule has 0 unspecified atom stereocenters. The summed E-state index contributed by atoms with van der Waals surface area (Å²) < 4.78 is 2.12. The summed E-state index contributed by atoms with van der Waals surface area (Å²) >= 11 is 2.92. The van der Waals surface area contributed by atoms with E-state index in [4.69, 9.17) is 5.11 Å². The number of hydrogen-bond donors (Lipinski definition) is 1. The van der Waals surface area contributed by atoms with Crippen molar-refractivity contribution in [3.63, 3.8) is 0 Å². The van der Waals surface area contributed by atoms with E-state index >= 15 is 0 Å². The van der Waals surface area contributed by atoms with Gasteiger partial charge >= 0.3 is 5.97 Å². The van der Waals surface area contributed by atoms with E-state index in [-0.39, 0.29) is 0 Å². The quantitative estimate of drug-likeness (QED) is 0.827. The normalized spacial score (nSPS) is 16.2. The number of thioether (sulfide) groups is 1. The summed E-state index contributed by atoms with van der Waals surface area (Å²) in [6.45, 7) is 0. The Bertz CT molecular complexity index is 615. The molecule has 0 atom stereocenters. The van der Waals surface area contributed by atoms with E-state index in [0.717, 1.165) is 16.3 Å². The van der Waals surface area contributed by atoms with E-state index in [1.165, 1.54) is 43.4 Å². The topological polar surface area (TPSA) is 55.1 Å². The molecule has 1 aliphatic rings. The number of thiophene rings is 1. The molecule has 0 radical (unpaired) electrons. The van der Waals surface area contributed by atoms with Gasteiger partial charge in [0.1, 0.15) is 4.88 Å². The maximum atomic E-state index is 10.9. The molecule has 2 aromatic rings. The fraction of sp³-hybridized carbons (Fsp3) is 0.467. The Morgan fingerprint density at radius 1 is 1.43 bits per heavy atom. The van der Waals surface area contributed by atoms with E-state index < -0.39 is 5.97 Å². The van der Waals surface area contributed by atoms with Crippen molar-refractivity contribution in [1.29, 1.82) is 0 Å². The highest BCUT2D eigenvalue weighted by Crippen LogP contribution is 2.29. The second-order valence-corrected chi connectivity index (χ2v) is 7.28. The summed E-state index contributed by atoms with van der Waals surface area (Å²) in [7, 11) is 0. The number of aromatic nitrogens is 2. The van der Waals surface area contributed by atoms with Gasteiger partial charge in [-0.15, -0.1) is 23.1 Å². The van der Waals surface area contributed by atoms with Gasteiger partial charge in [-0.05, 0) is 25.0 Å². The van der Waals surface area contributed by atoms with Crippen LogP contribution in [0.2, 0.25) is 0 Å². The molecule has 0 spiro atoms. The average molecular weight is 322 g/mol. The van der Waals surface area contributed by atoms with Crippen molar-refractivity contribution in [3.05, 3.63) is 34.3 Å². The van der Waals surface area contributed by atoms with Gasteiger partial charge in [0.05, 0.1) is 11.7 Å². The fourth-order valence-corrected chi connectivity index (χ4v) is 4.44. The van der Waals surface area contributed by atoms with Crippen LogP contribution in [0.4, 0.5) is 0 Å². The van der Waals surface area contributed by atoms with Gasteiger partial charge < -0.3 is 5.11 Å². The predicted molar refractivity (Wildman–Crippen MR) is 85.2 cm³/mol. The van der Waals surface area contributed by atoms with Gasteiger partial charge in [-0.2, -0.15) is 5.10 Å². The molecular formula is C15H18N2O2S2. The minimum Gasteiger partial charge on any atom is -0.477 e. The van der Waals surface area contributed by atoms with Gasteiger partial charge in [0.15, 0.2) is 0 Å². The molecule has 1 aliphatic carbocycles. The monoisotopic (exact) mass is 322 g/mol. The Hall–Kier alpha value is -1.27. The minimum atomic E-state index is -0.853. The third-order valence-electron chi connectivity index (χ3n) is 3.79. The van der Waals surface area contributed by atoms with Gasteiger partial charge in [0.2, 0.25) is 0 Å². The average Bonchev–Trinajstić information content (AvgIpc) is 3.15. The number of aromatic carboxylic acids is 1. The fourth-order valence-electron chi connectivity index (χ4n) is 2.67. The van der Waals surface area contributed by atoms with Crippen LogP contribution >= 0.6 is 23.1 Å². The summed E-state index contributed by atoms with van der Waals surface area (Å²) in [5.41, 5.74) is 1.06. The van der Waals surface area contributed by atoms with Crippen LogP contribution in [0, 0.1) is 0 Å². The van der Waals surface area contributed by atoms with Crippen LogP contribution in [0.25, 0.3) is 0 Å². The van der Waals surface area contributed by atoms with E-state index in [1.807, 2.05) is 5.38 Å². The highest BCUT2D eigenvalue weighted by atomic mass is 32.2. The van der Waals surface area contributed by atoms with Gasteiger partial charge in [-0.25, -0.2) is 4.79 Å². The van der Waals surface area contributed by atoms with Crippen LogP contribution in [-0.2, 0) is 5.75 Å². The van der Waals surface area contributed by atoms with Crippen molar-refractivity contribution in [3.8, 4) is 0 Å². The molecule has 2 heterocycles. The van der Waals surface area contributed by atoms with Crippen molar-refractivity contribution in [2.75, 3.05) is 0 Å². The summed E-state index contributed by atoms with van der Waals surface area (Å²) in [6.07, 6.45) is 8.53. The molecule has 3 rings (SSSR count). The Labute approximate surface area is 132 Å². The highest BCUT2D eigenvalue weighted by molar-refractivity contribution is 7.98. The van der Waals surface area contributed by atoms with Gasteiger partial charge in [0.25, 0.3) is 0 Å². The molecule has 4 nitrogen and oxygen atoms in total. The molecule has 21 heavy (non-hydrogen) atoms. The second kappa shape index (κ2) is 6.66. The van der Waals surface area contributed by atoms with Crippen LogP contribution < -0.4 is 0 Å². The van der Waals surface area contributed by atoms with Gasteiger partial charge in [-0.3, -0.25) is 4.68 Å². The van der Waals surface area contributed by atoms with Crippen LogP contribution in [0.1, 0.15) is 53.5 Å². The predicted octanol–water partition coefficient (Wildman–Crippen LogP) is 4.44. The Morgan fingerprint density at radius 3 is 2.95 bits per heavy atom. The van der Waals surface area contributed by atoms with Crippen molar-refractivity contribution in [2.45, 2.75) is 48.8 Å². The van der Waals surface area contributed by atoms with Gasteiger partial charge in [0, 0.05) is 22.2 Å². The molecule has 0 bridgehead atoms. The summed E-state index contributed by atoms with van der Waals surface area (Å²) in [5.74, 6) is -0.0661.